The molecule has 1 saturated carbocycles. The highest BCUT2D eigenvalue weighted by Gasteiger charge is 2.24. The second kappa shape index (κ2) is 7.47. The van der Waals surface area contributed by atoms with E-state index in [1.807, 2.05) is 6.07 Å². The lowest BCUT2D eigenvalue weighted by atomic mass is 9.85. The molecule has 1 aromatic rings. The van der Waals surface area contributed by atoms with Crippen LogP contribution in [0.1, 0.15) is 43.7 Å². The lowest BCUT2D eigenvalue weighted by molar-refractivity contribution is 0.133. The topological polar surface area (TPSA) is 23.5 Å². The van der Waals surface area contributed by atoms with Gasteiger partial charge in [-0.25, -0.2) is 0 Å². The van der Waals surface area contributed by atoms with Gasteiger partial charge in [0.2, 0.25) is 0 Å². The largest absolute Gasteiger partial charge is 0.384 e. The summed E-state index contributed by atoms with van der Waals surface area (Å²) in [6, 6.07) is 9.04. The minimum Gasteiger partial charge on any atom is -0.384 e. The van der Waals surface area contributed by atoms with Crippen molar-refractivity contribution >= 4 is 0 Å². The third-order valence-corrected chi connectivity index (χ3v) is 4.30. The van der Waals surface area contributed by atoms with Gasteiger partial charge in [0.25, 0.3) is 0 Å². The van der Waals surface area contributed by atoms with Crippen LogP contribution in [-0.4, -0.2) is 29.7 Å². The molecule has 108 valence electrons. The van der Waals surface area contributed by atoms with Crippen LogP contribution in [-0.2, 0) is 6.54 Å². The van der Waals surface area contributed by atoms with Crippen LogP contribution < -0.4 is 0 Å². The molecule has 1 fully saturated rings. The summed E-state index contributed by atoms with van der Waals surface area (Å²) in [6.45, 7) is 3.27. The highest BCUT2D eigenvalue weighted by molar-refractivity contribution is 5.37. The molecule has 1 N–H and O–H groups in total. The fourth-order valence-electron chi connectivity index (χ4n) is 3.25. The van der Waals surface area contributed by atoms with E-state index < -0.39 is 0 Å². The van der Waals surface area contributed by atoms with E-state index in [1.54, 1.807) is 0 Å². The van der Waals surface area contributed by atoms with E-state index >= 15 is 0 Å². The molecule has 2 rings (SSSR count). The van der Waals surface area contributed by atoms with Gasteiger partial charge in [-0.05, 0) is 43.5 Å². The number of benzene rings is 1. The fraction of sp³-hybridized carbons (Fsp3) is 0.556. The SMILES string of the molecule is CC1CCCCC1N(C)Cc1cccc(C#CCO)c1. The first-order valence-electron chi connectivity index (χ1n) is 7.59. The van der Waals surface area contributed by atoms with Crippen LogP contribution in [0.15, 0.2) is 24.3 Å². The van der Waals surface area contributed by atoms with E-state index in [-0.39, 0.29) is 6.61 Å². The zero-order valence-corrected chi connectivity index (χ0v) is 12.6. The Morgan fingerprint density at radius 2 is 2.10 bits per heavy atom. The van der Waals surface area contributed by atoms with Crippen molar-refractivity contribution < 1.29 is 5.11 Å². The van der Waals surface area contributed by atoms with E-state index in [1.165, 1.54) is 31.2 Å². The molecule has 2 atom stereocenters. The van der Waals surface area contributed by atoms with Gasteiger partial charge in [-0.2, -0.15) is 0 Å². The molecule has 0 heterocycles. The second-order valence-corrected chi connectivity index (χ2v) is 5.90. The molecule has 0 amide bonds. The zero-order valence-electron chi connectivity index (χ0n) is 12.6. The van der Waals surface area contributed by atoms with E-state index in [0.29, 0.717) is 6.04 Å². The summed E-state index contributed by atoms with van der Waals surface area (Å²) < 4.78 is 0. The van der Waals surface area contributed by atoms with Crippen molar-refractivity contribution in [3.05, 3.63) is 35.4 Å². The number of aliphatic hydroxyl groups is 1. The number of nitrogens with zero attached hydrogens (tertiary/aromatic N) is 1. The lowest BCUT2D eigenvalue weighted by Crippen LogP contribution is -2.38. The van der Waals surface area contributed by atoms with Crippen molar-refractivity contribution in [2.24, 2.45) is 5.92 Å². The van der Waals surface area contributed by atoms with Crippen molar-refractivity contribution in [3.8, 4) is 11.8 Å². The third-order valence-electron chi connectivity index (χ3n) is 4.30. The Balaban J connectivity index is 2.01. The van der Waals surface area contributed by atoms with E-state index in [9.17, 15) is 0 Å². The number of hydrogen-bond acceptors (Lipinski definition) is 2. The van der Waals surface area contributed by atoms with Crippen LogP contribution in [0.3, 0.4) is 0 Å². The Morgan fingerprint density at radius 1 is 1.30 bits per heavy atom. The molecule has 2 nitrogen and oxygen atoms in total. The minimum absolute atomic E-state index is 0.0796. The maximum absolute atomic E-state index is 8.76. The first-order valence-corrected chi connectivity index (χ1v) is 7.59. The van der Waals surface area contributed by atoms with E-state index in [2.05, 4.69) is 48.9 Å². The Morgan fingerprint density at radius 3 is 2.85 bits per heavy atom. The molecule has 2 heteroatoms. The normalized spacial score (nSPS) is 22.4. The van der Waals surface area contributed by atoms with Gasteiger partial charge in [-0.3, -0.25) is 4.90 Å². The standard InChI is InChI=1S/C18H25NO/c1-15-7-3-4-11-18(15)19(2)14-17-9-5-8-16(13-17)10-6-12-20/h5,8-9,13,15,18,20H,3-4,7,11-12,14H2,1-2H3. The van der Waals surface area contributed by atoms with Crippen LogP contribution in [0.4, 0.5) is 0 Å². The smallest absolute Gasteiger partial charge is 0.104 e. The van der Waals surface area contributed by atoms with Crippen molar-refractivity contribution in [2.45, 2.75) is 45.2 Å². The predicted octanol–water partition coefficient (Wildman–Crippen LogP) is 3.04. The van der Waals surface area contributed by atoms with Crippen molar-refractivity contribution in [3.63, 3.8) is 0 Å². The highest BCUT2D eigenvalue weighted by atomic mass is 16.2. The molecule has 1 aromatic carbocycles. The van der Waals surface area contributed by atoms with Gasteiger partial charge in [0, 0.05) is 18.2 Å². The van der Waals surface area contributed by atoms with Gasteiger partial charge < -0.3 is 5.11 Å². The molecular weight excluding hydrogens is 246 g/mol. The Kier molecular flexibility index (Phi) is 5.64. The highest BCUT2D eigenvalue weighted by Crippen LogP contribution is 2.28. The molecule has 1 aliphatic carbocycles. The molecule has 2 unspecified atom stereocenters. The average molecular weight is 271 g/mol. The van der Waals surface area contributed by atoms with Gasteiger partial charge in [0.05, 0.1) is 0 Å². The van der Waals surface area contributed by atoms with E-state index in [4.69, 9.17) is 5.11 Å². The summed E-state index contributed by atoms with van der Waals surface area (Å²) in [5.74, 6) is 6.48. The summed E-state index contributed by atoms with van der Waals surface area (Å²) in [6.07, 6.45) is 5.43. The van der Waals surface area contributed by atoms with E-state index in [0.717, 1.165) is 18.0 Å². The molecule has 0 bridgehead atoms. The van der Waals surface area contributed by atoms with Gasteiger partial charge in [-0.1, -0.05) is 43.7 Å². The third kappa shape index (κ3) is 4.10. The van der Waals surface area contributed by atoms with Crippen molar-refractivity contribution in [1.82, 2.24) is 4.90 Å². The summed E-state index contributed by atoms with van der Waals surface area (Å²) in [5.41, 5.74) is 2.29. The first-order chi connectivity index (χ1) is 9.70. The van der Waals surface area contributed by atoms with Crippen LogP contribution in [0, 0.1) is 17.8 Å². The zero-order chi connectivity index (χ0) is 14.4. The molecule has 20 heavy (non-hydrogen) atoms. The van der Waals surface area contributed by atoms with Crippen LogP contribution in [0.5, 0.6) is 0 Å². The van der Waals surface area contributed by atoms with Crippen LogP contribution >= 0.6 is 0 Å². The van der Waals surface area contributed by atoms with Gasteiger partial charge in [0.15, 0.2) is 0 Å². The summed E-state index contributed by atoms with van der Waals surface area (Å²) in [5, 5.41) is 8.76. The lowest BCUT2D eigenvalue weighted by Gasteiger charge is -2.36. The van der Waals surface area contributed by atoms with Crippen molar-refractivity contribution in [2.75, 3.05) is 13.7 Å². The number of rotatable bonds is 3. The molecule has 0 saturated heterocycles. The second-order valence-electron chi connectivity index (χ2n) is 5.90. The molecule has 0 radical (unpaired) electrons. The van der Waals surface area contributed by atoms with Gasteiger partial charge in [0.1, 0.15) is 6.61 Å². The number of hydrogen-bond donors (Lipinski definition) is 1. The summed E-state index contributed by atoms with van der Waals surface area (Å²) >= 11 is 0. The molecule has 0 spiro atoms. The van der Waals surface area contributed by atoms with Crippen LogP contribution in [0.25, 0.3) is 0 Å². The first kappa shape index (κ1) is 15.1. The quantitative estimate of drug-likeness (QED) is 0.854. The summed E-state index contributed by atoms with van der Waals surface area (Å²) in [4.78, 5) is 2.49. The maximum Gasteiger partial charge on any atom is 0.104 e. The predicted molar refractivity (Wildman–Crippen MR) is 83.3 cm³/mol. The maximum atomic E-state index is 8.76. The Bertz CT molecular complexity index is 486. The van der Waals surface area contributed by atoms with Crippen LogP contribution in [0.2, 0.25) is 0 Å². The van der Waals surface area contributed by atoms with Gasteiger partial charge >= 0.3 is 0 Å². The Labute approximate surface area is 122 Å². The monoisotopic (exact) mass is 271 g/mol. The molecule has 0 aliphatic heterocycles. The summed E-state index contributed by atoms with van der Waals surface area (Å²) in [7, 11) is 2.23. The van der Waals surface area contributed by atoms with Gasteiger partial charge in [-0.15, -0.1) is 0 Å². The average Bonchev–Trinajstić information content (AvgIpc) is 2.46. The van der Waals surface area contributed by atoms with Crippen molar-refractivity contribution in [1.29, 1.82) is 0 Å². The molecule has 0 aromatic heterocycles. The molecule has 1 aliphatic rings. The Hall–Kier alpha value is -1.30. The molecular formula is C18H25NO. The fourth-order valence-corrected chi connectivity index (χ4v) is 3.25. The number of aliphatic hydroxyl groups excluding tert-OH is 1. The minimum atomic E-state index is -0.0796.